The van der Waals surface area contributed by atoms with E-state index in [1.807, 2.05) is 13.8 Å². The number of aliphatic carboxylic acids is 1. The molecule has 1 fully saturated rings. The molecular formula is C18H25NO5. The van der Waals surface area contributed by atoms with Crippen LogP contribution in [0.5, 0.6) is 5.75 Å². The van der Waals surface area contributed by atoms with Crippen molar-refractivity contribution in [2.75, 3.05) is 19.8 Å². The Hall–Kier alpha value is -2.08. The van der Waals surface area contributed by atoms with E-state index < -0.39 is 5.97 Å². The molecule has 0 radical (unpaired) electrons. The number of carboxylic acid groups (broad SMARTS) is 1. The van der Waals surface area contributed by atoms with Gasteiger partial charge in [0.25, 0.3) is 5.91 Å². The number of carbonyl (C=O) groups excluding carboxylic acids is 1. The fourth-order valence-corrected chi connectivity index (χ4v) is 2.64. The molecule has 1 aliphatic rings. The molecule has 6 heteroatoms. The van der Waals surface area contributed by atoms with Crippen LogP contribution < -0.4 is 4.74 Å². The second-order valence-corrected chi connectivity index (χ2v) is 6.19. The molecule has 0 aliphatic carbocycles. The third-order valence-corrected chi connectivity index (χ3v) is 4.02. The van der Waals surface area contributed by atoms with Gasteiger partial charge in [-0.15, -0.1) is 0 Å². The monoisotopic (exact) mass is 335 g/mol. The Kier molecular flexibility index (Phi) is 6.61. The Balaban J connectivity index is 1.99. The quantitative estimate of drug-likeness (QED) is 0.829. The lowest BCUT2D eigenvalue weighted by atomic mass is 10.1. The summed E-state index contributed by atoms with van der Waals surface area (Å²) in [6.07, 6.45) is 1.84. The standard InChI is InChI=1S/C18H25NO5/c1-13(2)19(10-7-17(20)21)18(22)14-3-5-15(6-4-14)24-16-8-11-23-12-9-16/h3-6,13,16H,7-12H2,1-2H3,(H,20,21). The SMILES string of the molecule is CC(C)N(CCC(=O)O)C(=O)c1ccc(OC2CCOCC2)cc1. The van der Waals surface area contributed by atoms with E-state index in [9.17, 15) is 9.59 Å². The van der Waals surface area contributed by atoms with Gasteiger partial charge in [-0.05, 0) is 38.1 Å². The zero-order valence-corrected chi connectivity index (χ0v) is 14.2. The Morgan fingerprint density at radius 3 is 2.42 bits per heavy atom. The fourth-order valence-electron chi connectivity index (χ4n) is 2.64. The lowest BCUT2D eigenvalue weighted by Crippen LogP contribution is -2.38. The predicted molar refractivity (Wildman–Crippen MR) is 89.3 cm³/mol. The summed E-state index contributed by atoms with van der Waals surface area (Å²) < 4.78 is 11.2. The zero-order valence-electron chi connectivity index (χ0n) is 14.2. The molecular weight excluding hydrogens is 310 g/mol. The summed E-state index contributed by atoms with van der Waals surface area (Å²) in [6, 6.07) is 6.98. The van der Waals surface area contributed by atoms with Crippen LogP contribution in [-0.4, -0.2) is 53.8 Å². The first kappa shape index (κ1) is 18.3. The van der Waals surface area contributed by atoms with Gasteiger partial charge in [0.15, 0.2) is 0 Å². The van der Waals surface area contributed by atoms with E-state index in [1.54, 1.807) is 29.2 Å². The van der Waals surface area contributed by atoms with Gasteiger partial charge >= 0.3 is 5.97 Å². The molecule has 2 rings (SSSR count). The van der Waals surface area contributed by atoms with E-state index in [0.29, 0.717) is 18.8 Å². The normalized spacial score (nSPS) is 15.3. The Morgan fingerprint density at radius 2 is 1.88 bits per heavy atom. The summed E-state index contributed by atoms with van der Waals surface area (Å²) in [5.74, 6) is -0.336. The highest BCUT2D eigenvalue weighted by Crippen LogP contribution is 2.19. The highest BCUT2D eigenvalue weighted by molar-refractivity contribution is 5.94. The summed E-state index contributed by atoms with van der Waals surface area (Å²) in [5, 5.41) is 8.83. The molecule has 0 unspecified atom stereocenters. The lowest BCUT2D eigenvalue weighted by molar-refractivity contribution is -0.137. The second-order valence-electron chi connectivity index (χ2n) is 6.19. The first-order valence-electron chi connectivity index (χ1n) is 8.34. The highest BCUT2D eigenvalue weighted by atomic mass is 16.5. The minimum Gasteiger partial charge on any atom is -0.490 e. The Labute approximate surface area is 142 Å². The van der Waals surface area contributed by atoms with E-state index in [1.165, 1.54) is 0 Å². The Bertz CT molecular complexity index is 549. The molecule has 0 saturated carbocycles. The van der Waals surface area contributed by atoms with Gasteiger partial charge < -0.3 is 19.5 Å². The first-order valence-corrected chi connectivity index (χ1v) is 8.34. The molecule has 0 bridgehead atoms. The number of carbonyl (C=O) groups is 2. The van der Waals surface area contributed by atoms with E-state index in [-0.39, 0.29) is 31.0 Å². The van der Waals surface area contributed by atoms with Crippen molar-refractivity contribution >= 4 is 11.9 Å². The molecule has 0 atom stereocenters. The molecule has 1 saturated heterocycles. The molecule has 1 heterocycles. The maximum Gasteiger partial charge on any atom is 0.305 e. The minimum absolute atomic E-state index is 0.0602. The molecule has 0 aromatic heterocycles. The van der Waals surface area contributed by atoms with E-state index >= 15 is 0 Å². The molecule has 6 nitrogen and oxygen atoms in total. The van der Waals surface area contributed by atoms with Crippen molar-refractivity contribution in [2.24, 2.45) is 0 Å². The van der Waals surface area contributed by atoms with Crippen LogP contribution in [0.15, 0.2) is 24.3 Å². The predicted octanol–water partition coefficient (Wildman–Crippen LogP) is 2.57. The number of ether oxygens (including phenoxy) is 2. The van der Waals surface area contributed by atoms with Gasteiger partial charge in [0, 0.05) is 31.0 Å². The summed E-state index contributed by atoms with van der Waals surface area (Å²) in [4.78, 5) is 24.9. The van der Waals surface area contributed by atoms with Gasteiger partial charge in [0.1, 0.15) is 11.9 Å². The van der Waals surface area contributed by atoms with Crippen molar-refractivity contribution in [1.29, 1.82) is 0 Å². The van der Waals surface area contributed by atoms with Crippen molar-refractivity contribution in [3.05, 3.63) is 29.8 Å². The minimum atomic E-state index is -0.909. The van der Waals surface area contributed by atoms with Crippen LogP contribution in [0, 0.1) is 0 Å². The first-order chi connectivity index (χ1) is 11.5. The van der Waals surface area contributed by atoms with Crippen molar-refractivity contribution in [2.45, 2.75) is 45.3 Å². The molecule has 132 valence electrons. The summed E-state index contributed by atoms with van der Waals surface area (Å²) in [7, 11) is 0. The van der Waals surface area contributed by atoms with Crippen LogP contribution in [-0.2, 0) is 9.53 Å². The molecule has 1 aliphatic heterocycles. The number of nitrogens with zero attached hydrogens (tertiary/aromatic N) is 1. The van der Waals surface area contributed by atoms with Crippen LogP contribution in [0.25, 0.3) is 0 Å². The van der Waals surface area contributed by atoms with Gasteiger partial charge in [-0.3, -0.25) is 9.59 Å². The molecule has 24 heavy (non-hydrogen) atoms. The van der Waals surface area contributed by atoms with Crippen LogP contribution in [0.1, 0.15) is 43.5 Å². The number of amides is 1. The number of rotatable bonds is 7. The van der Waals surface area contributed by atoms with Gasteiger partial charge in [-0.1, -0.05) is 0 Å². The van der Waals surface area contributed by atoms with Crippen LogP contribution in [0.3, 0.4) is 0 Å². The maximum absolute atomic E-state index is 12.6. The van der Waals surface area contributed by atoms with E-state index in [0.717, 1.165) is 18.6 Å². The largest absolute Gasteiger partial charge is 0.490 e. The molecule has 1 aromatic carbocycles. The van der Waals surface area contributed by atoms with E-state index in [2.05, 4.69) is 0 Å². The van der Waals surface area contributed by atoms with E-state index in [4.69, 9.17) is 14.6 Å². The molecule has 0 spiro atoms. The smallest absolute Gasteiger partial charge is 0.305 e. The number of carboxylic acids is 1. The van der Waals surface area contributed by atoms with Crippen LogP contribution in [0.2, 0.25) is 0 Å². The van der Waals surface area contributed by atoms with Crippen LogP contribution in [0.4, 0.5) is 0 Å². The molecule has 1 amide bonds. The average Bonchev–Trinajstić information content (AvgIpc) is 2.56. The molecule has 1 N–H and O–H groups in total. The van der Waals surface area contributed by atoms with Crippen molar-refractivity contribution in [3.8, 4) is 5.75 Å². The van der Waals surface area contributed by atoms with Crippen molar-refractivity contribution in [3.63, 3.8) is 0 Å². The number of hydrogen-bond acceptors (Lipinski definition) is 4. The topological polar surface area (TPSA) is 76.1 Å². The molecule has 1 aromatic rings. The second kappa shape index (κ2) is 8.68. The zero-order chi connectivity index (χ0) is 17.5. The van der Waals surface area contributed by atoms with Gasteiger partial charge in [-0.25, -0.2) is 0 Å². The number of hydrogen-bond donors (Lipinski definition) is 1. The third kappa shape index (κ3) is 5.23. The van der Waals surface area contributed by atoms with Gasteiger partial charge in [-0.2, -0.15) is 0 Å². The number of benzene rings is 1. The average molecular weight is 335 g/mol. The summed E-state index contributed by atoms with van der Waals surface area (Å²) >= 11 is 0. The lowest BCUT2D eigenvalue weighted by Gasteiger charge is -2.26. The van der Waals surface area contributed by atoms with Crippen LogP contribution >= 0.6 is 0 Å². The summed E-state index contributed by atoms with van der Waals surface area (Å²) in [6.45, 7) is 5.39. The Morgan fingerprint density at radius 1 is 1.25 bits per heavy atom. The van der Waals surface area contributed by atoms with Gasteiger partial charge in [0.2, 0.25) is 0 Å². The van der Waals surface area contributed by atoms with Crippen molar-refractivity contribution in [1.82, 2.24) is 4.90 Å². The maximum atomic E-state index is 12.6. The third-order valence-electron chi connectivity index (χ3n) is 4.02. The van der Waals surface area contributed by atoms with Crippen molar-refractivity contribution < 1.29 is 24.2 Å². The van der Waals surface area contributed by atoms with Gasteiger partial charge in [0.05, 0.1) is 19.6 Å². The fraction of sp³-hybridized carbons (Fsp3) is 0.556. The summed E-state index contributed by atoms with van der Waals surface area (Å²) in [5.41, 5.74) is 0.536. The highest BCUT2D eigenvalue weighted by Gasteiger charge is 2.20.